The number of aryl methyl sites for hydroxylation is 2. The van der Waals surface area contributed by atoms with Crippen LogP contribution in [0, 0.1) is 0 Å². The van der Waals surface area contributed by atoms with E-state index in [-0.39, 0.29) is 12.5 Å². The van der Waals surface area contributed by atoms with Gasteiger partial charge in [-0.05, 0) is 67.5 Å². The van der Waals surface area contributed by atoms with E-state index in [1.807, 2.05) is 26.8 Å². The molecule has 7 heteroatoms. The predicted molar refractivity (Wildman–Crippen MR) is 116 cm³/mol. The molecule has 2 aromatic carbocycles. The largest absolute Gasteiger partial charge is 0.444 e. The lowest BCUT2D eigenvalue weighted by Gasteiger charge is -2.21. The van der Waals surface area contributed by atoms with Gasteiger partial charge in [0, 0.05) is 0 Å². The van der Waals surface area contributed by atoms with Gasteiger partial charge in [0.2, 0.25) is 5.96 Å². The van der Waals surface area contributed by atoms with Gasteiger partial charge in [0.15, 0.2) is 0 Å². The van der Waals surface area contributed by atoms with Crippen LogP contribution in [-0.4, -0.2) is 29.9 Å². The second-order valence-corrected chi connectivity index (χ2v) is 7.96. The van der Waals surface area contributed by atoms with E-state index in [2.05, 4.69) is 51.9 Å². The summed E-state index contributed by atoms with van der Waals surface area (Å²) in [5.41, 5.74) is 16.7. The van der Waals surface area contributed by atoms with Gasteiger partial charge in [-0.15, -0.1) is 10.2 Å². The fourth-order valence-corrected chi connectivity index (χ4v) is 3.30. The number of benzene rings is 2. The molecular weight excluding hydrogens is 366 g/mol. The highest BCUT2D eigenvalue weighted by Gasteiger charge is 2.19. The number of hydrogen-bond acceptors (Lipinski definition) is 4. The minimum atomic E-state index is -0.583. The van der Waals surface area contributed by atoms with E-state index >= 15 is 0 Å². The van der Waals surface area contributed by atoms with E-state index in [9.17, 15) is 4.79 Å². The van der Waals surface area contributed by atoms with Crippen molar-refractivity contribution < 1.29 is 9.53 Å². The number of guanidine groups is 1. The van der Waals surface area contributed by atoms with Crippen molar-refractivity contribution in [2.45, 2.75) is 39.2 Å². The summed E-state index contributed by atoms with van der Waals surface area (Å²) in [5, 5.41) is 10.6. The van der Waals surface area contributed by atoms with E-state index < -0.39 is 11.7 Å². The maximum atomic E-state index is 12.0. The monoisotopic (exact) mass is 393 g/mol. The van der Waals surface area contributed by atoms with E-state index in [4.69, 9.17) is 16.2 Å². The van der Waals surface area contributed by atoms with Crippen LogP contribution >= 0.6 is 0 Å². The van der Waals surface area contributed by atoms with Crippen LogP contribution in [0.15, 0.2) is 52.7 Å². The van der Waals surface area contributed by atoms with Crippen LogP contribution in [-0.2, 0) is 17.6 Å². The molecule has 0 saturated heterocycles. The molecule has 7 nitrogen and oxygen atoms in total. The number of carbonyl (C=O) groups is 1. The molecule has 0 saturated carbocycles. The zero-order chi connectivity index (χ0) is 21.0. The quantitative estimate of drug-likeness (QED) is 0.421. The SMILES string of the molecule is CC(C)(C)OC(=O)NC/C(=N\N=C(N)N)c1ccc2c(c1)CCc1ccccc1-2. The lowest BCUT2D eigenvalue weighted by atomic mass is 9.84. The summed E-state index contributed by atoms with van der Waals surface area (Å²) < 4.78 is 5.29. The van der Waals surface area contributed by atoms with Gasteiger partial charge < -0.3 is 21.5 Å². The van der Waals surface area contributed by atoms with Crippen LogP contribution in [0.5, 0.6) is 0 Å². The molecule has 0 heterocycles. The molecule has 0 atom stereocenters. The Balaban J connectivity index is 1.87. The van der Waals surface area contributed by atoms with Crippen molar-refractivity contribution >= 4 is 17.8 Å². The summed E-state index contributed by atoms with van der Waals surface area (Å²) in [4.78, 5) is 12.0. The molecule has 0 fully saturated rings. The van der Waals surface area contributed by atoms with Crippen molar-refractivity contribution in [2.24, 2.45) is 21.7 Å². The Morgan fingerprint density at radius 2 is 1.72 bits per heavy atom. The Kier molecular flexibility index (Phi) is 5.87. The normalized spacial score (nSPS) is 13.1. The number of ether oxygens (including phenoxy) is 1. The number of rotatable bonds is 4. The van der Waals surface area contributed by atoms with Crippen LogP contribution in [0.2, 0.25) is 0 Å². The second-order valence-electron chi connectivity index (χ2n) is 7.96. The third-order valence-electron chi connectivity index (χ3n) is 4.49. The van der Waals surface area contributed by atoms with Crippen molar-refractivity contribution in [1.82, 2.24) is 5.32 Å². The molecule has 0 aromatic heterocycles. The Hall–Kier alpha value is -3.35. The fraction of sp³-hybridized carbons (Fsp3) is 0.318. The number of nitrogens with one attached hydrogen (secondary N) is 1. The second kappa shape index (κ2) is 8.34. The molecule has 0 unspecified atom stereocenters. The van der Waals surface area contributed by atoms with Gasteiger partial charge in [-0.1, -0.05) is 36.4 Å². The highest BCUT2D eigenvalue weighted by Crippen LogP contribution is 2.33. The van der Waals surface area contributed by atoms with E-state index in [0.29, 0.717) is 5.71 Å². The lowest BCUT2D eigenvalue weighted by Crippen LogP contribution is -2.35. The molecule has 0 bridgehead atoms. The van der Waals surface area contributed by atoms with Gasteiger partial charge in [0.25, 0.3) is 0 Å². The van der Waals surface area contributed by atoms with E-state index in [1.54, 1.807) is 0 Å². The summed E-state index contributed by atoms with van der Waals surface area (Å²) in [5.74, 6) is -0.147. The van der Waals surface area contributed by atoms with Crippen LogP contribution < -0.4 is 16.8 Å². The minimum absolute atomic E-state index is 0.140. The number of carbonyl (C=O) groups excluding carboxylic acids is 1. The third kappa shape index (κ3) is 5.34. The van der Waals surface area contributed by atoms with Crippen LogP contribution in [0.3, 0.4) is 0 Å². The zero-order valence-electron chi connectivity index (χ0n) is 17.0. The van der Waals surface area contributed by atoms with Gasteiger partial charge in [-0.2, -0.15) is 0 Å². The molecule has 0 aliphatic heterocycles. The lowest BCUT2D eigenvalue weighted by molar-refractivity contribution is 0.0536. The first kappa shape index (κ1) is 20.4. The van der Waals surface area contributed by atoms with Crippen molar-refractivity contribution in [3.05, 3.63) is 59.2 Å². The maximum absolute atomic E-state index is 12.0. The number of amides is 1. The Bertz CT molecular complexity index is 969. The number of nitrogens with two attached hydrogens (primary N) is 2. The first-order chi connectivity index (χ1) is 13.7. The van der Waals surface area contributed by atoms with Gasteiger partial charge in [-0.25, -0.2) is 4.79 Å². The summed E-state index contributed by atoms with van der Waals surface area (Å²) in [7, 11) is 0. The molecule has 1 amide bonds. The highest BCUT2D eigenvalue weighted by molar-refractivity contribution is 6.04. The topological polar surface area (TPSA) is 115 Å². The minimum Gasteiger partial charge on any atom is -0.444 e. The summed E-state index contributed by atoms with van der Waals surface area (Å²) in [6.45, 7) is 5.56. The molecular formula is C22H27N5O2. The number of alkyl carbamates (subject to hydrolysis) is 1. The third-order valence-corrected chi connectivity index (χ3v) is 4.49. The summed E-state index contributed by atoms with van der Waals surface area (Å²) >= 11 is 0. The molecule has 2 aromatic rings. The fourth-order valence-electron chi connectivity index (χ4n) is 3.30. The highest BCUT2D eigenvalue weighted by atomic mass is 16.6. The Labute approximate surface area is 170 Å². The average molecular weight is 393 g/mol. The standard InChI is InChI=1S/C22H27N5O2/c1-22(2,3)29-21(28)25-13-19(26-27-20(23)24)16-10-11-18-15(12-16)9-8-14-6-4-5-7-17(14)18/h4-7,10-12H,8-9,13H2,1-3H3,(H,25,28)(H4,23,24,27)/b26-19+. The van der Waals surface area contributed by atoms with Crippen LogP contribution in [0.1, 0.15) is 37.5 Å². The van der Waals surface area contributed by atoms with Gasteiger partial charge in [0.05, 0.1) is 12.3 Å². The van der Waals surface area contributed by atoms with E-state index in [1.165, 1.54) is 22.3 Å². The smallest absolute Gasteiger partial charge is 0.407 e. The first-order valence-electron chi connectivity index (χ1n) is 9.57. The molecule has 3 rings (SSSR count). The van der Waals surface area contributed by atoms with Gasteiger partial charge in [-0.3, -0.25) is 0 Å². The Morgan fingerprint density at radius 1 is 1.03 bits per heavy atom. The molecule has 29 heavy (non-hydrogen) atoms. The maximum Gasteiger partial charge on any atom is 0.407 e. The number of fused-ring (bicyclic) bond motifs is 3. The van der Waals surface area contributed by atoms with Crippen molar-refractivity contribution in [1.29, 1.82) is 0 Å². The van der Waals surface area contributed by atoms with Crippen LogP contribution in [0.25, 0.3) is 11.1 Å². The molecule has 5 N–H and O–H groups in total. The van der Waals surface area contributed by atoms with Gasteiger partial charge >= 0.3 is 6.09 Å². The molecule has 0 radical (unpaired) electrons. The van der Waals surface area contributed by atoms with Crippen molar-refractivity contribution in [3.63, 3.8) is 0 Å². The average Bonchev–Trinajstić information content (AvgIpc) is 2.66. The molecule has 152 valence electrons. The first-order valence-corrected chi connectivity index (χ1v) is 9.57. The van der Waals surface area contributed by atoms with Gasteiger partial charge in [0.1, 0.15) is 5.60 Å². The number of hydrogen-bond donors (Lipinski definition) is 3. The summed E-state index contributed by atoms with van der Waals surface area (Å²) in [6, 6.07) is 14.6. The van der Waals surface area contributed by atoms with E-state index in [0.717, 1.165) is 18.4 Å². The van der Waals surface area contributed by atoms with Crippen LogP contribution in [0.4, 0.5) is 4.79 Å². The molecule has 1 aliphatic rings. The summed E-state index contributed by atoms with van der Waals surface area (Å²) in [6.07, 6.45) is 1.40. The predicted octanol–water partition coefficient (Wildman–Crippen LogP) is 2.95. The van der Waals surface area contributed by atoms with Crippen molar-refractivity contribution in [3.8, 4) is 11.1 Å². The molecule has 0 spiro atoms. The number of nitrogens with zero attached hydrogens (tertiary/aromatic N) is 2. The van der Waals surface area contributed by atoms with Crippen molar-refractivity contribution in [2.75, 3.05) is 6.54 Å². The zero-order valence-corrected chi connectivity index (χ0v) is 17.0. The molecule has 1 aliphatic carbocycles. The Morgan fingerprint density at radius 3 is 2.45 bits per heavy atom.